The number of para-hydroxylation sites is 1. The Kier molecular flexibility index (Phi) is 3.79. The monoisotopic (exact) mass is 272 g/mol. The summed E-state index contributed by atoms with van der Waals surface area (Å²) in [5.41, 5.74) is 7.61. The Morgan fingerprint density at radius 1 is 1.30 bits per heavy atom. The Balaban J connectivity index is 2.26. The second-order valence-electron chi connectivity index (χ2n) is 4.38. The molecule has 0 radical (unpaired) electrons. The highest BCUT2D eigenvalue weighted by Crippen LogP contribution is 2.27. The van der Waals surface area contributed by atoms with E-state index in [1.807, 2.05) is 0 Å². The van der Waals surface area contributed by atoms with Gasteiger partial charge in [-0.3, -0.25) is 4.79 Å². The van der Waals surface area contributed by atoms with Crippen molar-refractivity contribution in [3.63, 3.8) is 0 Å². The number of ether oxygens (including phenoxy) is 1. The predicted octanol–water partition coefficient (Wildman–Crippen LogP) is 2.54. The molecule has 1 amide bonds. The molecule has 2 rings (SSSR count). The number of aromatic hydroxyl groups is 1. The maximum atomic E-state index is 12.1. The summed E-state index contributed by atoms with van der Waals surface area (Å²) in [5, 5.41) is 12.6. The van der Waals surface area contributed by atoms with Crippen LogP contribution >= 0.6 is 0 Å². The van der Waals surface area contributed by atoms with Crippen LogP contribution < -0.4 is 15.8 Å². The van der Waals surface area contributed by atoms with Crippen molar-refractivity contribution in [2.45, 2.75) is 6.92 Å². The Labute approximate surface area is 117 Å². The number of phenolic OH excluding ortho intramolecular Hbond substituents is 1. The van der Waals surface area contributed by atoms with Gasteiger partial charge >= 0.3 is 0 Å². The van der Waals surface area contributed by atoms with Crippen LogP contribution in [0.3, 0.4) is 0 Å². The van der Waals surface area contributed by atoms with Crippen LogP contribution in [-0.4, -0.2) is 18.1 Å². The van der Waals surface area contributed by atoms with E-state index in [1.165, 1.54) is 7.11 Å². The fraction of sp³-hybridized carbons (Fsp3) is 0.133. The smallest absolute Gasteiger partial charge is 0.259 e. The number of methoxy groups -OCH3 is 1. The van der Waals surface area contributed by atoms with Crippen molar-refractivity contribution in [2.24, 2.45) is 0 Å². The van der Waals surface area contributed by atoms with Gasteiger partial charge in [-0.1, -0.05) is 12.1 Å². The summed E-state index contributed by atoms with van der Waals surface area (Å²) in [6.45, 7) is 1.73. The average molecular weight is 272 g/mol. The maximum absolute atomic E-state index is 12.1. The lowest BCUT2D eigenvalue weighted by Gasteiger charge is -2.10. The van der Waals surface area contributed by atoms with Crippen LogP contribution in [0.2, 0.25) is 0 Å². The number of amides is 1. The Hall–Kier alpha value is -2.69. The minimum absolute atomic E-state index is 0.0209. The molecular weight excluding hydrogens is 256 g/mol. The van der Waals surface area contributed by atoms with Crippen LogP contribution in [0, 0.1) is 6.92 Å². The number of carbonyl (C=O) groups is 1. The molecule has 0 saturated heterocycles. The molecule has 0 bridgehead atoms. The molecule has 0 saturated carbocycles. The summed E-state index contributed by atoms with van der Waals surface area (Å²) < 4.78 is 5.09. The highest BCUT2D eigenvalue weighted by atomic mass is 16.5. The first-order valence-corrected chi connectivity index (χ1v) is 6.06. The third-order valence-electron chi connectivity index (χ3n) is 2.97. The highest BCUT2D eigenvalue weighted by Gasteiger charge is 2.13. The molecule has 0 aliphatic rings. The van der Waals surface area contributed by atoms with E-state index < -0.39 is 5.91 Å². The Morgan fingerprint density at radius 2 is 2.05 bits per heavy atom. The van der Waals surface area contributed by atoms with E-state index in [9.17, 15) is 9.90 Å². The van der Waals surface area contributed by atoms with Crippen molar-refractivity contribution in [1.82, 2.24) is 0 Å². The number of hydrogen-bond acceptors (Lipinski definition) is 4. The normalized spacial score (nSPS) is 10.1. The number of nitrogens with two attached hydrogens (primary N) is 1. The summed E-state index contributed by atoms with van der Waals surface area (Å²) in [6.07, 6.45) is 0. The summed E-state index contributed by atoms with van der Waals surface area (Å²) in [4.78, 5) is 12.1. The molecule has 2 aromatic carbocycles. The molecule has 0 aliphatic carbocycles. The van der Waals surface area contributed by atoms with Crippen LogP contribution in [0.25, 0.3) is 0 Å². The predicted molar refractivity (Wildman–Crippen MR) is 78.2 cm³/mol. The molecule has 0 spiro atoms. The van der Waals surface area contributed by atoms with Gasteiger partial charge in [-0.15, -0.1) is 0 Å². The van der Waals surface area contributed by atoms with E-state index in [-0.39, 0.29) is 11.3 Å². The molecule has 5 nitrogen and oxygen atoms in total. The van der Waals surface area contributed by atoms with E-state index in [2.05, 4.69) is 5.32 Å². The number of nitrogens with one attached hydrogen (secondary N) is 1. The van der Waals surface area contributed by atoms with Crippen molar-refractivity contribution < 1.29 is 14.6 Å². The summed E-state index contributed by atoms with van der Waals surface area (Å²) in [7, 11) is 1.50. The van der Waals surface area contributed by atoms with Gasteiger partial charge in [0, 0.05) is 11.8 Å². The summed E-state index contributed by atoms with van der Waals surface area (Å²) in [6, 6.07) is 9.95. The van der Waals surface area contributed by atoms with E-state index in [1.54, 1.807) is 43.3 Å². The molecule has 0 unspecified atom stereocenters. The molecule has 0 atom stereocenters. The second kappa shape index (κ2) is 5.52. The van der Waals surface area contributed by atoms with Crippen molar-refractivity contribution in [3.05, 3.63) is 47.5 Å². The van der Waals surface area contributed by atoms with Crippen LogP contribution in [0.5, 0.6) is 11.5 Å². The quantitative estimate of drug-likeness (QED) is 0.750. The van der Waals surface area contributed by atoms with Crippen molar-refractivity contribution in [3.8, 4) is 11.5 Å². The van der Waals surface area contributed by atoms with E-state index in [0.29, 0.717) is 22.7 Å². The van der Waals surface area contributed by atoms with Gasteiger partial charge in [-0.2, -0.15) is 0 Å². The average Bonchev–Trinajstić information content (AvgIpc) is 2.43. The number of rotatable bonds is 3. The molecule has 4 N–H and O–H groups in total. The van der Waals surface area contributed by atoms with Crippen LogP contribution in [0.4, 0.5) is 11.4 Å². The summed E-state index contributed by atoms with van der Waals surface area (Å²) in [5.74, 6) is 0.0710. The maximum Gasteiger partial charge on any atom is 0.259 e. The van der Waals surface area contributed by atoms with Crippen molar-refractivity contribution >= 4 is 17.3 Å². The molecule has 0 heterocycles. The molecule has 0 aliphatic heterocycles. The van der Waals surface area contributed by atoms with Gasteiger partial charge in [0.15, 0.2) is 0 Å². The van der Waals surface area contributed by atoms with E-state index >= 15 is 0 Å². The SMILES string of the molecule is COc1cc(NC(=O)c2cccc(C)c2O)ccc1N. The first-order chi connectivity index (χ1) is 9.52. The number of anilines is 2. The van der Waals surface area contributed by atoms with Gasteiger partial charge in [0.25, 0.3) is 5.91 Å². The van der Waals surface area contributed by atoms with Crippen molar-refractivity contribution in [1.29, 1.82) is 0 Å². The first kappa shape index (κ1) is 13.7. The lowest BCUT2D eigenvalue weighted by Crippen LogP contribution is -2.12. The van der Waals surface area contributed by atoms with Crippen LogP contribution in [0.15, 0.2) is 36.4 Å². The topological polar surface area (TPSA) is 84.6 Å². The molecule has 5 heteroatoms. The van der Waals surface area contributed by atoms with E-state index in [0.717, 1.165) is 0 Å². The second-order valence-corrected chi connectivity index (χ2v) is 4.38. The zero-order valence-electron chi connectivity index (χ0n) is 11.3. The van der Waals surface area contributed by atoms with Gasteiger partial charge in [0.2, 0.25) is 0 Å². The number of hydrogen-bond donors (Lipinski definition) is 3. The number of phenols is 1. The molecule has 20 heavy (non-hydrogen) atoms. The van der Waals surface area contributed by atoms with Gasteiger partial charge < -0.3 is 20.9 Å². The fourth-order valence-corrected chi connectivity index (χ4v) is 1.83. The lowest BCUT2D eigenvalue weighted by molar-refractivity contribution is 0.102. The Morgan fingerprint density at radius 3 is 2.75 bits per heavy atom. The summed E-state index contributed by atoms with van der Waals surface area (Å²) >= 11 is 0. The van der Waals surface area contributed by atoms with Gasteiger partial charge in [0.1, 0.15) is 11.5 Å². The largest absolute Gasteiger partial charge is 0.507 e. The van der Waals surface area contributed by atoms with Crippen molar-refractivity contribution in [2.75, 3.05) is 18.2 Å². The molecular formula is C15H16N2O3. The standard InChI is InChI=1S/C15H16N2O3/c1-9-4-3-5-11(14(9)18)15(19)17-10-6-7-12(16)13(8-10)20-2/h3-8,18H,16H2,1-2H3,(H,17,19). The molecule has 104 valence electrons. The number of benzene rings is 2. The van der Waals surface area contributed by atoms with Gasteiger partial charge in [-0.05, 0) is 30.7 Å². The zero-order valence-corrected chi connectivity index (χ0v) is 11.3. The van der Waals surface area contributed by atoms with Gasteiger partial charge in [0.05, 0.1) is 18.4 Å². The molecule has 0 aromatic heterocycles. The third kappa shape index (κ3) is 2.66. The fourth-order valence-electron chi connectivity index (χ4n) is 1.83. The minimum Gasteiger partial charge on any atom is -0.507 e. The highest BCUT2D eigenvalue weighted by molar-refractivity contribution is 6.06. The number of aryl methyl sites for hydroxylation is 1. The number of carbonyl (C=O) groups excluding carboxylic acids is 1. The molecule has 2 aromatic rings. The van der Waals surface area contributed by atoms with Crippen LogP contribution in [0.1, 0.15) is 15.9 Å². The van der Waals surface area contributed by atoms with Crippen LogP contribution in [-0.2, 0) is 0 Å². The third-order valence-corrected chi connectivity index (χ3v) is 2.97. The number of nitrogen functional groups attached to an aromatic ring is 1. The Bertz CT molecular complexity index is 654. The lowest BCUT2D eigenvalue weighted by atomic mass is 10.1. The van der Waals surface area contributed by atoms with E-state index in [4.69, 9.17) is 10.5 Å². The molecule has 0 fully saturated rings. The zero-order chi connectivity index (χ0) is 14.7. The van der Waals surface area contributed by atoms with Gasteiger partial charge in [-0.25, -0.2) is 0 Å². The first-order valence-electron chi connectivity index (χ1n) is 6.06. The minimum atomic E-state index is -0.391.